The molecule has 2 heterocycles. The van der Waals surface area contributed by atoms with E-state index in [-0.39, 0.29) is 25.1 Å². The summed E-state index contributed by atoms with van der Waals surface area (Å²) in [7, 11) is 0. The fourth-order valence-electron chi connectivity index (χ4n) is 3.99. The number of carbonyl (C=O) groups is 1. The molecule has 3 rings (SSSR count). The van der Waals surface area contributed by atoms with Gasteiger partial charge < -0.3 is 19.5 Å². The van der Waals surface area contributed by atoms with Gasteiger partial charge in [0.2, 0.25) is 5.91 Å². The van der Waals surface area contributed by atoms with Crippen LogP contribution in [0.5, 0.6) is 5.75 Å². The molecule has 1 aromatic carbocycles. The number of aliphatic hydroxyl groups is 1. The standard InChI is InChI=1S/C26H34N2O4S/c1-4-12-27(16-21(29)18-31-14-5-2)17-26(30)28-13-10-25-23(11-15-33-25)24(28)19-32-22-8-6-20(3)7-9-22/h4-9,11,15,21,24,29H,1-2,10,12-14,16-19H2,3H3/t21-,24+/m0/s1. The van der Waals surface area contributed by atoms with Crippen molar-refractivity contribution in [3.05, 3.63) is 77.0 Å². The van der Waals surface area contributed by atoms with E-state index in [1.807, 2.05) is 41.0 Å². The predicted octanol–water partition coefficient (Wildman–Crippen LogP) is 3.61. The van der Waals surface area contributed by atoms with Gasteiger partial charge in [-0.05, 0) is 42.5 Å². The van der Waals surface area contributed by atoms with Gasteiger partial charge in [-0.15, -0.1) is 24.5 Å². The van der Waals surface area contributed by atoms with Crippen LogP contribution < -0.4 is 4.74 Å². The first-order chi connectivity index (χ1) is 16.0. The van der Waals surface area contributed by atoms with Crippen molar-refractivity contribution >= 4 is 17.2 Å². The molecule has 0 saturated carbocycles. The number of hydrogen-bond donors (Lipinski definition) is 1. The second-order valence-corrected chi connectivity index (χ2v) is 9.24. The van der Waals surface area contributed by atoms with Gasteiger partial charge >= 0.3 is 0 Å². The Kier molecular flexibility index (Phi) is 9.69. The van der Waals surface area contributed by atoms with Crippen LogP contribution >= 0.6 is 11.3 Å². The summed E-state index contributed by atoms with van der Waals surface area (Å²) in [6, 6.07) is 9.92. The largest absolute Gasteiger partial charge is 0.491 e. The second-order valence-electron chi connectivity index (χ2n) is 8.24. The third kappa shape index (κ3) is 7.27. The normalized spacial score (nSPS) is 16.3. The maximum absolute atomic E-state index is 13.4. The molecule has 2 aromatic rings. The molecule has 33 heavy (non-hydrogen) atoms. The lowest BCUT2D eigenvalue weighted by Crippen LogP contribution is -2.48. The Morgan fingerprint density at radius 1 is 1.30 bits per heavy atom. The Labute approximate surface area is 200 Å². The molecule has 1 aliphatic rings. The minimum atomic E-state index is -0.691. The Balaban J connectivity index is 1.67. The van der Waals surface area contributed by atoms with Gasteiger partial charge in [-0.1, -0.05) is 29.8 Å². The molecule has 0 aliphatic carbocycles. The highest BCUT2D eigenvalue weighted by Gasteiger charge is 2.33. The first-order valence-electron chi connectivity index (χ1n) is 11.3. The van der Waals surface area contributed by atoms with Gasteiger partial charge in [0.25, 0.3) is 0 Å². The zero-order valence-corrected chi connectivity index (χ0v) is 20.1. The average Bonchev–Trinajstić information content (AvgIpc) is 3.28. The summed E-state index contributed by atoms with van der Waals surface area (Å²) in [6.07, 6.45) is 3.55. The number of amides is 1. The Morgan fingerprint density at radius 2 is 2.09 bits per heavy atom. The summed E-state index contributed by atoms with van der Waals surface area (Å²) in [5.41, 5.74) is 2.34. The Morgan fingerprint density at radius 3 is 2.82 bits per heavy atom. The van der Waals surface area contributed by atoms with E-state index in [9.17, 15) is 9.90 Å². The van der Waals surface area contributed by atoms with E-state index in [0.29, 0.717) is 32.8 Å². The molecule has 1 amide bonds. The monoisotopic (exact) mass is 470 g/mol. The molecule has 2 atom stereocenters. The van der Waals surface area contributed by atoms with Crippen LogP contribution in [0.2, 0.25) is 0 Å². The van der Waals surface area contributed by atoms with Crippen LogP contribution in [0.3, 0.4) is 0 Å². The minimum Gasteiger partial charge on any atom is -0.491 e. The zero-order valence-electron chi connectivity index (χ0n) is 19.3. The lowest BCUT2D eigenvalue weighted by atomic mass is 10.0. The first kappa shape index (κ1) is 25.2. The summed E-state index contributed by atoms with van der Waals surface area (Å²) in [5, 5.41) is 12.4. The van der Waals surface area contributed by atoms with Gasteiger partial charge in [-0.25, -0.2) is 0 Å². The van der Waals surface area contributed by atoms with Crippen LogP contribution in [0, 0.1) is 6.92 Å². The van der Waals surface area contributed by atoms with E-state index in [2.05, 4.69) is 24.6 Å². The quantitative estimate of drug-likeness (QED) is 0.358. The third-order valence-corrected chi connectivity index (χ3v) is 6.60. The second kappa shape index (κ2) is 12.7. The van der Waals surface area contributed by atoms with Crippen LogP contribution in [-0.4, -0.2) is 72.9 Å². The highest BCUT2D eigenvalue weighted by atomic mass is 32.1. The molecule has 178 valence electrons. The molecular weight excluding hydrogens is 436 g/mol. The molecule has 6 nitrogen and oxygen atoms in total. The van der Waals surface area contributed by atoms with Gasteiger partial charge in [0, 0.05) is 24.5 Å². The van der Waals surface area contributed by atoms with Gasteiger partial charge in [0.05, 0.1) is 31.9 Å². The van der Waals surface area contributed by atoms with E-state index in [0.717, 1.165) is 12.2 Å². The molecule has 0 bridgehead atoms. The van der Waals surface area contributed by atoms with E-state index in [4.69, 9.17) is 9.47 Å². The van der Waals surface area contributed by atoms with E-state index < -0.39 is 6.10 Å². The van der Waals surface area contributed by atoms with Gasteiger partial charge in [0.15, 0.2) is 0 Å². The van der Waals surface area contributed by atoms with Crippen LogP contribution in [0.4, 0.5) is 0 Å². The number of ether oxygens (including phenoxy) is 2. The number of carbonyl (C=O) groups excluding carboxylic acids is 1. The predicted molar refractivity (Wildman–Crippen MR) is 133 cm³/mol. The number of nitrogens with zero attached hydrogens (tertiary/aromatic N) is 2. The average molecular weight is 471 g/mol. The van der Waals surface area contributed by atoms with E-state index >= 15 is 0 Å². The number of aliphatic hydroxyl groups excluding tert-OH is 1. The Hall–Kier alpha value is -2.45. The van der Waals surface area contributed by atoms with Crippen molar-refractivity contribution in [2.45, 2.75) is 25.5 Å². The third-order valence-electron chi connectivity index (χ3n) is 5.61. The number of thiophene rings is 1. The summed E-state index contributed by atoms with van der Waals surface area (Å²) in [5.74, 6) is 0.816. The van der Waals surface area contributed by atoms with Gasteiger partial charge in [-0.2, -0.15) is 0 Å². The molecule has 0 spiro atoms. The molecule has 0 saturated heterocycles. The van der Waals surface area contributed by atoms with Gasteiger partial charge in [0.1, 0.15) is 12.4 Å². The fourth-order valence-corrected chi connectivity index (χ4v) is 4.92. The Bertz CT molecular complexity index is 911. The SMILES string of the molecule is C=CCOC[C@@H](O)CN(CC=C)CC(=O)N1CCc2sccc2[C@H]1COc1ccc(C)cc1. The van der Waals surface area contributed by atoms with E-state index in [1.165, 1.54) is 16.0 Å². The topological polar surface area (TPSA) is 62.2 Å². The molecule has 1 aromatic heterocycles. The van der Waals surface area contributed by atoms with Crippen molar-refractivity contribution in [2.24, 2.45) is 0 Å². The maximum atomic E-state index is 13.4. The maximum Gasteiger partial charge on any atom is 0.237 e. The van der Waals surface area contributed by atoms with Gasteiger partial charge in [-0.3, -0.25) is 9.69 Å². The van der Waals surface area contributed by atoms with Crippen molar-refractivity contribution in [2.75, 3.05) is 46.0 Å². The molecule has 7 heteroatoms. The van der Waals surface area contributed by atoms with Crippen molar-refractivity contribution in [3.8, 4) is 5.75 Å². The molecule has 0 unspecified atom stereocenters. The number of benzene rings is 1. The number of aryl methyl sites for hydroxylation is 1. The zero-order chi connectivity index (χ0) is 23.6. The van der Waals surface area contributed by atoms with Crippen molar-refractivity contribution in [3.63, 3.8) is 0 Å². The summed E-state index contributed by atoms with van der Waals surface area (Å²) >= 11 is 1.74. The van der Waals surface area contributed by atoms with E-state index in [1.54, 1.807) is 23.5 Å². The lowest BCUT2D eigenvalue weighted by molar-refractivity contribution is -0.136. The van der Waals surface area contributed by atoms with Crippen molar-refractivity contribution in [1.29, 1.82) is 0 Å². The lowest BCUT2D eigenvalue weighted by Gasteiger charge is -2.37. The molecule has 0 fully saturated rings. The van der Waals surface area contributed by atoms with Crippen LogP contribution in [0.1, 0.15) is 22.0 Å². The molecule has 0 radical (unpaired) electrons. The van der Waals surface area contributed by atoms with Crippen LogP contribution in [-0.2, 0) is 16.0 Å². The highest BCUT2D eigenvalue weighted by molar-refractivity contribution is 7.10. The minimum absolute atomic E-state index is 0.0189. The molecule has 1 aliphatic heterocycles. The van der Waals surface area contributed by atoms with Crippen LogP contribution in [0.15, 0.2) is 61.0 Å². The number of rotatable bonds is 13. The summed E-state index contributed by atoms with van der Waals surface area (Å²) in [4.78, 5) is 18.5. The molecule has 1 N–H and O–H groups in total. The summed E-state index contributed by atoms with van der Waals surface area (Å²) in [6.45, 7) is 12.1. The summed E-state index contributed by atoms with van der Waals surface area (Å²) < 4.78 is 11.4. The highest BCUT2D eigenvalue weighted by Crippen LogP contribution is 2.34. The van der Waals surface area contributed by atoms with Crippen LogP contribution in [0.25, 0.3) is 0 Å². The number of hydrogen-bond acceptors (Lipinski definition) is 6. The smallest absolute Gasteiger partial charge is 0.237 e. The number of fused-ring (bicyclic) bond motifs is 1. The molecular formula is C26H34N2O4S. The first-order valence-corrected chi connectivity index (χ1v) is 12.1. The van der Waals surface area contributed by atoms with Crippen molar-refractivity contribution in [1.82, 2.24) is 9.80 Å². The van der Waals surface area contributed by atoms with Crippen molar-refractivity contribution < 1.29 is 19.4 Å². The fraction of sp³-hybridized carbons (Fsp3) is 0.423.